The minimum absolute atomic E-state index is 0.0169. The van der Waals surface area contributed by atoms with Crippen LogP contribution in [-0.2, 0) is 21.1 Å². The van der Waals surface area contributed by atoms with Crippen LogP contribution < -0.4 is 0 Å². The zero-order chi connectivity index (χ0) is 20.1. The van der Waals surface area contributed by atoms with Gasteiger partial charge in [-0.2, -0.15) is 0 Å². The van der Waals surface area contributed by atoms with E-state index in [0.29, 0.717) is 35.0 Å². The maximum absolute atomic E-state index is 12.9. The van der Waals surface area contributed by atoms with Crippen molar-refractivity contribution in [2.24, 2.45) is 0 Å². The van der Waals surface area contributed by atoms with Crippen molar-refractivity contribution in [2.45, 2.75) is 18.9 Å². The summed E-state index contributed by atoms with van der Waals surface area (Å²) in [6, 6.07) is 14.6. The third-order valence-corrected chi connectivity index (χ3v) is 7.10. The second-order valence-corrected chi connectivity index (χ2v) is 9.90. The second-order valence-electron chi connectivity index (χ2n) is 6.82. The lowest BCUT2D eigenvalue weighted by atomic mass is 10.1. The van der Waals surface area contributed by atoms with Crippen LogP contribution in [0.15, 0.2) is 54.6 Å². The Morgan fingerprint density at radius 1 is 1.14 bits per heavy atom. The van der Waals surface area contributed by atoms with Crippen molar-refractivity contribution in [1.29, 1.82) is 0 Å². The van der Waals surface area contributed by atoms with Crippen LogP contribution in [0.1, 0.15) is 17.5 Å². The molecule has 3 rings (SSSR count). The molecule has 28 heavy (non-hydrogen) atoms. The number of benzene rings is 2. The topological polar surface area (TPSA) is 54.5 Å². The standard InChI is InChI=1S/C21H21Cl2NO3S/c22-18-8-6-17(20(23)14-18)7-9-21(25)24(19-11-13-28(26,27)15-19)12-10-16-4-2-1-3-5-16/h1-9,14,19H,10-13,15H2. The second kappa shape index (κ2) is 9.12. The minimum atomic E-state index is -3.09. The van der Waals surface area contributed by atoms with Crippen molar-refractivity contribution < 1.29 is 13.2 Å². The Hall–Kier alpha value is -1.82. The highest BCUT2D eigenvalue weighted by atomic mass is 35.5. The average Bonchev–Trinajstić information content (AvgIpc) is 3.01. The molecule has 1 saturated heterocycles. The molecule has 1 aliphatic rings. The lowest BCUT2D eigenvalue weighted by Gasteiger charge is -2.27. The van der Waals surface area contributed by atoms with E-state index in [1.807, 2.05) is 30.3 Å². The first-order chi connectivity index (χ1) is 13.3. The normalized spacial score (nSPS) is 18.4. The number of hydrogen-bond acceptors (Lipinski definition) is 3. The monoisotopic (exact) mass is 437 g/mol. The molecule has 1 fully saturated rings. The molecule has 0 N–H and O–H groups in total. The Morgan fingerprint density at radius 2 is 1.89 bits per heavy atom. The number of halogens is 2. The van der Waals surface area contributed by atoms with E-state index in [-0.39, 0.29) is 23.5 Å². The van der Waals surface area contributed by atoms with Gasteiger partial charge in [-0.1, -0.05) is 59.6 Å². The summed E-state index contributed by atoms with van der Waals surface area (Å²) < 4.78 is 23.8. The number of rotatable bonds is 6. The van der Waals surface area contributed by atoms with Gasteiger partial charge in [-0.15, -0.1) is 0 Å². The zero-order valence-electron chi connectivity index (χ0n) is 15.2. The van der Waals surface area contributed by atoms with E-state index in [1.165, 1.54) is 6.08 Å². The van der Waals surface area contributed by atoms with Crippen molar-refractivity contribution in [3.8, 4) is 0 Å². The summed E-state index contributed by atoms with van der Waals surface area (Å²) in [4.78, 5) is 14.6. The SMILES string of the molecule is O=C(C=Cc1ccc(Cl)cc1Cl)N(CCc1ccccc1)C1CCS(=O)(=O)C1. The fourth-order valence-corrected chi connectivity index (χ4v) is 5.48. The molecular weight excluding hydrogens is 417 g/mol. The van der Waals surface area contributed by atoms with Crippen LogP contribution in [0, 0.1) is 0 Å². The number of carbonyl (C=O) groups is 1. The van der Waals surface area contributed by atoms with Gasteiger partial charge in [0, 0.05) is 28.7 Å². The maximum atomic E-state index is 12.9. The molecule has 1 atom stereocenters. The van der Waals surface area contributed by atoms with Crippen LogP contribution in [0.2, 0.25) is 10.0 Å². The van der Waals surface area contributed by atoms with Gasteiger partial charge in [-0.25, -0.2) is 8.42 Å². The molecule has 7 heteroatoms. The predicted octanol–water partition coefficient (Wildman–Crippen LogP) is 4.27. The van der Waals surface area contributed by atoms with E-state index >= 15 is 0 Å². The largest absolute Gasteiger partial charge is 0.335 e. The number of sulfone groups is 1. The van der Waals surface area contributed by atoms with E-state index < -0.39 is 9.84 Å². The van der Waals surface area contributed by atoms with Gasteiger partial charge < -0.3 is 4.90 Å². The maximum Gasteiger partial charge on any atom is 0.246 e. The Bertz CT molecular complexity index is 974. The molecule has 0 saturated carbocycles. The molecule has 1 heterocycles. The van der Waals surface area contributed by atoms with Crippen molar-refractivity contribution in [3.63, 3.8) is 0 Å². The lowest BCUT2D eigenvalue weighted by molar-refractivity contribution is -0.127. The van der Waals surface area contributed by atoms with Gasteiger partial charge in [0.05, 0.1) is 11.5 Å². The van der Waals surface area contributed by atoms with E-state index in [4.69, 9.17) is 23.2 Å². The first-order valence-corrected chi connectivity index (χ1v) is 11.6. The number of amides is 1. The first kappa shape index (κ1) is 20.9. The fraction of sp³-hybridized carbons (Fsp3) is 0.286. The van der Waals surface area contributed by atoms with Crippen molar-refractivity contribution >= 4 is 45.0 Å². The van der Waals surface area contributed by atoms with Crippen LogP contribution in [-0.4, -0.2) is 43.3 Å². The van der Waals surface area contributed by atoms with Crippen LogP contribution in [0.25, 0.3) is 6.08 Å². The fourth-order valence-electron chi connectivity index (χ4n) is 3.28. The van der Waals surface area contributed by atoms with E-state index in [2.05, 4.69) is 0 Å². The Balaban J connectivity index is 1.76. The highest BCUT2D eigenvalue weighted by Gasteiger charge is 2.33. The molecule has 0 bridgehead atoms. The van der Waals surface area contributed by atoms with Gasteiger partial charge in [0.15, 0.2) is 9.84 Å². The summed E-state index contributed by atoms with van der Waals surface area (Å²) in [7, 11) is -3.09. The van der Waals surface area contributed by atoms with Gasteiger partial charge in [0.2, 0.25) is 5.91 Å². The molecule has 0 aromatic heterocycles. The summed E-state index contributed by atoms with van der Waals surface area (Å²) in [5.74, 6) is -0.0770. The first-order valence-electron chi connectivity index (χ1n) is 9.02. The van der Waals surface area contributed by atoms with Gasteiger partial charge >= 0.3 is 0 Å². The van der Waals surface area contributed by atoms with Crippen LogP contribution in [0.3, 0.4) is 0 Å². The van der Waals surface area contributed by atoms with Crippen molar-refractivity contribution in [3.05, 3.63) is 75.8 Å². The summed E-state index contributed by atoms with van der Waals surface area (Å²) in [5.41, 5.74) is 1.78. The van der Waals surface area contributed by atoms with E-state index in [0.717, 1.165) is 5.56 Å². The summed E-state index contributed by atoms with van der Waals surface area (Å²) in [6.45, 7) is 0.460. The third kappa shape index (κ3) is 5.60. The van der Waals surface area contributed by atoms with Crippen LogP contribution in [0.5, 0.6) is 0 Å². The van der Waals surface area contributed by atoms with Crippen molar-refractivity contribution in [2.75, 3.05) is 18.1 Å². The Morgan fingerprint density at radius 3 is 2.54 bits per heavy atom. The smallest absolute Gasteiger partial charge is 0.246 e. The highest BCUT2D eigenvalue weighted by molar-refractivity contribution is 7.91. The summed E-state index contributed by atoms with van der Waals surface area (Å²) in [6.07, 6.45) is 4.22. The summed E-state index contributed by atoms with van der Waals surface area (Å²) in [5, 5.41) is 0.977. The van der Waals surface area contributed by atoms with Crippen LogP contribution >= 0.6 is 23.2 Å². The molecule has 1 unspecified atom stereocenters. The molecule has 0 spiro atoms. The van der Waals surface area contributed by atoms with Gasteiger partial charge in [-0.3, -0.25) is 4.79 Å². The van der Waals surface area contributed by atoms with E-state index in [1.54, 1.807) is 29.2 Å². The molecule has 0 aliphatic carbocycles. The molecule has 2 aromatic rings. The quantitative estimate of drug-likeness (QED) is 0.634. The zero-order valence-corrected chi connectivity index (χ0v) is 17.6. The van der Waals surface area contributed by atoms with Gasteiger partial charge in [0.1, 0.15) is 0 Å². The predicted molar refractivity (Wildman–Crippen MR) is 114 cm³/mol. The third-order valence-electron chi connectivity index (χ3n) is 4.78. The molecule has 2 aromatic carbocycles. The molecular formula is C21H21Cl2NO3S. The number of nitrogens with zero attached hydrogens (tertiary/aromatic N) is 1. The molecule has 1 amide bonds. The van der Waals surface area contributed by atoms with Crippen LogP contribution in [0.4, 0.5) is 0 Å². The summed E-state index contributed by atoms with van der Waals surface area (Å²) >= 11 is 12.1. The minimum Gasteiger partial charge on any atom is -0.335 e. The Kier molecular flexibility index (Phi) is 6.81. The average molecular weight is 438 g/mol. The van der Waals surface area contributed by atoms with Crippen molar-refractivity contribution in [1.82, 2.24) is 4.90 Å². The lowest BCUT2D eigenvalue weighted by Crippen LogP contribution is -2.41. The Labute approximate surface area is 175 Å². The highest BCUT2D eigenvalue weighted by Crippen LogP contribution is 2.23. The number of carbonyl (C=O) groups excluding carboxylic acids is 1. The van der Waals surface area contributed by atoms with Gasteiger partial charge in [-0.05, 0) is 42.2 Å². The molecule has 0 radical (unpaired) electrons. The number of hydrogen-bond donors (Lipinski definition) is 0. The molecule has 148 valence electrons. The molecule has 1 aliphatic heterocycles. The van der Waals surface area contributed by atoms with E-state index in [9.17, 15) is 13.2 Å². The molecule has 4 nitrogen and oxygen atoms in total. The van der Waals surface area contributed by atoms with Gasteiger partial charge in [0.25, 0.3) is 0 Å².